The molecule has 1 aromatic heterocycles. The van der Waals surface area contributed by atoms with Crippen molar-refractivity contribution >= 4 is 37.5 Å². The molecule has 1 aliphatic carbocycles. The first-order chi connectivity index (χ1) is 9.13. The molecule has 1 aliphatic rings. The summed E-state index contributed by atoms with van der Waals surface area (Å²) in [4.78, 5) is 4.17. The lowest BCUT2D eigenvalue weighted by Gasteiger charge is -2.28. The van der Waals surface area contributed by atoms with Crippen LogP contribution in [0.2, 0.25) is 0 Å². The van der Waals surface area contributed by atoms with Gasteiger partial charge in [-0.3, -0.25) is 0 Å². The van der Waals surface area contributed by atoms with Gasteiger partial charge >= 0.3 is 0 Å². The molecule has 0 radical (unpaired) electrons. The van der Waals surface area contributed by atoms with Gasteiger partial charge in [-0.1, -0.05) is 6.42 Å². The molecule has 0 saturated heterocycles. The van der Waals surface area contributed by atoms with Gasteiger partial charge in [0.15, 0.2) is 15.5 Å². The van der Waals surface area contributed by atoms with E-state index >= 15 is 0 Å². The Morgan fingerprint density at radius 3 is 2.95 bits per heavy atom. The van der Waals surface area contributed by atoms with Crippen LogP contribution in [0.3, 0.4) is 0 Å². The van der Waals surface area contributed by atoms with Crippen LogP contribution in [-0.2, 0) is 0 Å². The molecule has 1 heterocycles. The summed E-state index contributed by atoms with van der Waals surface area (Å²) in [5.41, 5.74) is 0.617. The molecule has 1 fully saturated rings. The van der Waals surface area contributed by atoms with Crippen LogP contribution in [0, 0.1) is 5.82 Å². The molecule has 0 bridgehead atoms. The number of aromatic nitrogens is 1. The second kappa shape index (κ2) is 5.34. The largest absolute Gasteiger partial charge is 0.485 e. The Labute approximate surface area is 122 Å². The lowest BCUT2D eigenvalue weighted by molar-refractivity contribution is 0.00509. The van der Waals surface area contributed by atoms with Gasteiger partial charge in [-0.2, -0.15) is 0 Å². The van der Waals surface area contributed by atoms with Crippen molar-refractivity contribution in [3.63, 3.8) is 0 Å². The molecule has 3 rings (SSSR count). The minimum atomic E-state index is -0.503. The molecular weight excluding hydrogens is 333 g/mol. The van der Waals surface area contributed by atoms with Crippen LogP contribution >= 0.6 is 27.3 Å². The normalized spacial score (nSPS) is 23.7. The Morgan fingerprint density at radius 1 is 1.37 bits per heavy atom. The number of hydrogen-bond acceptors (Lipinski definition) is 4. The van der Waals surface area contributed by atoms with Crippen molar-refractivity contribution in [2.75, 3.05) is 0 Å². The third-order valence-corrected chi connectivity index (χ3v) is 4.83. The Hall–Kier alpha value is -0.720. The van der Waals surface area contributed by atoms with E-state index in [9.17, 15) is 9.50 Å². The summed E-state index contributed by atoms with van der Waals surface area (Å²) in [5, 5.41) is 9.87. The molecule has 0 aliphatic heterocycles. The fourth-order valence-electron chi connectivity index (χ4n) is 2.37. The Balaban J connectivity index is 1.89. The number of aliphatic hydroxyl groups is 1. The first kappa shape index (κ1) is 13.3. The topological polar surface area (TPSA) is 42.4 Å². The molecule has 1 saturated carbocycles. The summed E-state index contributed by atoms with van der Waals surface area (Å²) in [6.45, 7) is 0. The highest BCUT2D eigenvalue weighted by Crippen LogP contribution is 2.33. The number of fused-ring (bicyclic) bond motifs is 1. The van der Waals surface area contributed by atoms with E-state index < -0.39 is 11.9 Å². The number of aliphatic hydroxyl groups excluding tert-OH is 1. The number of hydrogen-bond donors (Lipinski definition) is 1. The van der Waals surface area contributed by atoms with Crippen LogP contribution in [0.15, 0.2) is 16.0 Å². The zero-order valence-electron chi connectivity index (χ0n) is 10.1. The van der Waals surface area contributed by atoms with Crippen molar-refractivity contribution < 1.29 is 14.2 Å². The van der Waals surface area contributed by atoms with Gasteiger partial charge < -0.3 is 9.84 Å². The summed E-state index contributed by atoms with van der Waals surface area (Å²) in [7, 11) is 0. The molecule has 1 aromatic carbocycles. The number of benzene rings is 1. The first-order valence-electron chi connectivity index (χ1n) is 6.24. The maximum atomic E-state index is 14.0. The highest BCUT2D eigenvalue weighted by Gasteiger charge is 2.25. The van der Waals surface area contributed by atoms with Gasteiger partial charge in [0.2, 0.25) is 0 Å². The smallest absolute Gasteiger partial charge is 0.167 e. The SMILES string of the molecule is O[C@H]1CCCC[C@@H]1Oc1cc2sc(Br)nc2cc1F. The molecule has 19 heavy (non-hydrogen) atoms. The molecule has 3 nitrogen and oxygen atoms in total. The summed E-state index contributed by atoms with van der Waals surface area (Å²) < 4.78 is 21.2. The third kappa shape index (κ3) is 2.75. The third-order valence-electron chi connectivity index (χ3n) is 3.36. The average Bonchev–Trinajstić information content (AvgIpc) is 2.71. The van der Waals surface area contributed by atoms with E-state index in [1.165, 1.54) is 17.4 Å². The van der Waals surface area contributed by atoms with Crippen LogP contribution in [0.4, 0.5) is 4.39 Å². The molecule has 6 heteroatoms. The zero-order valence-corrected chi connectivity index (χ0v) is 12.5. The van der Waals surface area contributed by atoms with E-state index in [2.05, 4.69) is 20.9 Å². The second-order valence-corrected chi connectivity index (χ2v) is 7.03. The van der Waals surface area contributed by atoms with Gasteiger partial charge in [-0.05, 0) is 35.2 Å². The van der Waals surface area contributed by atoms with Gasteiger partial charge in [-0.15, -0.1) is 11.3 Å². The number of ether oxygens (including phenoxy) is 1. The molecule has 2 atom stereocenters. The molecule has 0 unspecified atom stereocenters. The highest BCUT2D eigenvalue weighted by atomic mass is 79.9. The average molecular weight is 346 g/mol. The Kier molecular flexibility index (Phi) is 3.73. The minimum absolute atomic E-state index is 0.203. The predicted molar refractivity (Wildman–Crippen MR) is 76.2 cm³/mol. The number of thiazole rings is 1. The summed E-state index contributed by atoms with van der Waals surface area (Å²) in [5.74, 6) is -0.224. The highest BCUT2D eigenvalue weighted by molar-refractivity contribution is 9.11. The Bertz CT molecular complexity index is 604. The van der Waals surface area contributed by atoms with E-state index in [0.29, 0.717) is 5.52 Å². The van der Waals surface area contributed by atoms with Crippen molar-refractivity contribution in [2.45, 2.75) is 37.9 Å². The number of rotatable bonds is 2. The van der Waals surface area contributed by atoms with Gasteiger partial charge in [0.05, 0.1) is 16.3 Å². The summed E-state index contributed by atoms with van der Waals surface area (Å²) in [6, 6.07) is 3.04. The molecular formula is C13H13BrFNO2S. The van der Waals surface area contributed by atoms with Crippen molar-refractivity contribution in [1.82, 2.24) is 4.98 Å². The predicted octanol–water partition coefficient (Wildman–Crippen LogP) is 3.88. The number of nitrogens with zero attached hydrogens (tertiary/aromatic N) is 1. The van der Waals surface area contributed by atoms with Gasteiger partial charge in [0.1, 0.15) is 6.10 Å². The van der Waals surface area contributed by atoms with Gasteiger partial charge in [0.25, 0.3) is 0 Å². The van der Waals surface area contributed by atoms with E-state index in [4.69, 9.17) is 4.74 Å². The van der Waals surface area contributed by atoms with Crippen LogP contribution in [-0.4, -0.2) is 22.3 Å². The number of halogens is 2. The van der Waals surface area contributed by atoms with Crippen LogP contribution in [0.1, 0.15) is 25.7 Å². The quantitative estimate of drug-likeness (QED) is 0.897. The maximum absolute atomic E-state index is 14.0. The standard InChI is InChI=1S/C13H13BrFNO2S/c14-13-16-8-5-7(15)11(6-12(8)19-13)18-10-4-2-1-3-9(10)17/h5-6,9-10,17H,1-4H2/t9-,10-/m0/s1. The van der Waals surface area contributed by atoms with Crippen LogP contribution in [0.5, 0.6) is 5.75 Å². The van der Waals surface area contributed by atoms with Crippen molar-refractivity contribution in [3.05, 3.63) is 21.9 Å². The first-order valence-corrected chi connectivity index (χ1v) is 7.85. The molecule has 1 N–H and O–H groups in total. The lowest BCUT2D eigenvalue weighted by Crippen LogP contribution is -2.34. The van der Waals surface area contributed by atoms with Gasteiger partial charge in [0, 0.05) is 12.1 Å². The van der Waals surface area contributed by atoms with E-state index in [1.807, 2.05) is 0 Å². The molecule has 2 aromatic rings. The van der Waals surface area contributed by atoms with Crippen LogP contribution in [0.25, 0.3) is 10.2 Å². The maximum Gasteiger partial charge on any atom is 0.167 e. The van der Waals surface area contributed by atoms with Crippen molar-refractivity contribution in [2.24, 2.45) is 0 Å². The Morgan fingerprint density at radius 2 is 2.16 bits per heavy atom. The monoisotopic (exact) mass is 345 g/mol. The molecule has 0 spiro atoms. The van der Waals surface area contributed by atoms with E-state index in [0.717, 1.165) is 34.3 Å². The summed E-state index contributed by atoms with van der Waals surface area (Å²) in [6.07, 6.45) is 2.70. The minimum Gasteiger partial charge on any atom is -0.485 e. The zero-order chi connectivity index (χ0) is 13.4. The van der Waals surface area contributed by atoms with Crippen molar-refractivity contribution in [3.8, 4) is 5.75 Å². The fraction of sp³-hybridized carbons (Fsp3) is 0.462. The van der Waals surface area contributed by atoms with Crippen LogP contribution < -0.4 is 4.74 Å². The summed E-state index contributed by atoms with van der Waals surface area (Å²) >= 11 is 4.72. The molecule has 0 amide bonds. The fourth-order valence-corrected chi connectivity index (χ4v) is 3.78. The van der Waals surface area contributed by atoms with E-state index in [1.54, 1.807) is 6.07 Å². The van der Waals surface area contributed by atoms with Crippen molar-refractivity contribution in [1.29, 1.82) is 0 Å². The van der Waals surface area contributed by atoms with E-state index in [-0.39, 0.29) is 11.9 Å². The lowest BCUT2D eigenvalue weighted by atomic mass is 9.95. The van der Waals surface area contributed by atoms with Gasteiger partial charge in [-0.25, -0.2) is 9.37 Å². The molecule has 102 valence electrons. The second-order valence-electron chi connectivity index (χ2n) is 4.73.